The number of morpholine rings is 1. The number of benzene rings is 3. The minimum atomic E-state index is -4.65. The molecular weight excluding hydrogens is 1130 g/mol. The van der Waals surface area contributed by atoms with Gasteiger partial charge in [-0.25, -0.2) is 18.1 Å². The van der Waals surface area contributed by atoms with Gasteiger partial charge in [0.1, 0.15) is 23.1 Å². The highest BCUT2D eigenvalue weighted by atomic mass is 32.2. The second-order valence-corrected chi connectivity index (χ2v) is 27.6. The van der Waals surface area contributed by atoms with Gasteiger partial charge < -0.3 is 54.0 Å². The van der Waals surface area contributed by atoms with Crippen molar-refractivity contribution in [2.45, 2.75) is 120 Å². The molecule has 6 fully saturated rings. The molecule has 22 heteroatoms. The number of aliphatic hydroxyl groups is 1. The maximum Gasteiger partial charge on any atom is 0.293 e. The van der Waals surface area contributed by atoms with E-state index in [1.807, 2.05) is 43.6 Å². The third-order valence-electron chi connectivity index (χ3n) is 19.9. The highest BCUT2D eigenvalue weighted by Gasteiger charge is 2.51. The van der Waals surface area contributed by atoms with E-state index in [9.17, 15) is 28.4 Å². The number of piperidine rings is 1. The molecule has 462 valence electrons. The van der Waals surface area contributed by atoms with E-state index in [4.69, 9.17) is 28.9 Å². The van der Waals surface area contributed by atoms with Crippen molar-refractivity contribution in [3.05, 3.63) is 118 Å². The molecule has 3 aromatic carbocycles. The number of H-pyrrole nitrogens is 1. The highest BCUT2D eigenvalue weighted by Crippen LogP contribution is 2.56. The number of nitrogens with zero attached hydrogens (tertiary/aromatic N) is 8. The number of carbonyl (C=O) groups excluding carboxylic acids is 1. The van der Waals surface area contributed by atoms with Crippen molar-refractivity contribution in [2.75, 3.05) is 111 Å². The topological polar surface area (TPSA) is 233 Å². The summed E-state index contributed by atoms with van der Waals surface area (Å²) in [6, 6.07) is 24.3. The monoisotopic (exact) mass is 1210 g/mol. The van der Waals surface area contributed by atoms with Crippen LogP contribution < -0.4 is 39.1 Å². The summed E-state index contributed by atoms with van der Waals surface area (Å²) in [7, 11) is -2.92. The molecule has 87 heavy (non-hydrogen) atoms. The molecule has 1 spiro atoms. The van der Waals surface area contributed by atoms with E-state index in [1.54, 1.807) is 13.2 Å². The lowest BCUT2D eigenvalue weighted by Crippen LogP contribution is -2.61. The molecule has 1 amide bonds. The van der Waals surface area contributed by atoms with Crippen molar-refractivity contribution in [1.29, 1.82) is 0 Å². The Hall–Kier alpha value is -7.24. The van der Waals surface area contributed by atoms with E-state index < -0.39 is 43.1 Å². The summed E-state index contributed by atoms with van der Waals surface area (Å²) in [6.07, 6.45) is 11.0. The molecule has 13 rings (SSSR count). The smallest absolute Gasteiger partial charge is 0.293 e. The zero-order valence-electron chi connectivity index (χ0n) is 50.3. The quantitative estimate of drug-likeness (QED) is 0.0522. The summed E-state index contributed by atoms with van der Waals surface area (Å²) in [4.78, 5) is 51.4. The maximum absolute atomic E-state index is 14.9. The number of ether oxygens (including phenoxy) is 4. The van der Waals surface area contributed by atoms with Gasteiger partial charge in [0, 0.05) is 107 Å². The molecule has 0 unspecified atom stereocenters. The Balaban J connectivity index is 0.756. The average Bonchev–Trinajstić information content (AvgIpc) is 1.43. The largest absolute Gasteiger partial charge is 0.493 e. The SMILES string of the molecule is COc1cc(CN2CCN(c3ccccc3C(C)C)[C@H](C3CC4(CCN(c5ccc(C(=O)NS(=O)(=O)c6ccc(NCC7CCC(C)(O)CC7)c([N+](=O)[O-])c6)c(N6c7cc8cc[nH]c8nc7O[C@H]7COCC[C@@H]76)c5)CC4)C3)C2)cnc1N1CCOCC1. The van der Waals surface area contributed by atoms with Crippen LogP contribution in [0.5, 0.6) is 11.6 Å². The predicted octanol–water partition coefficient (Wildman–Crippen LogP) is 9.38. The van der Waals surface area contributed by atoms with E-state index in [0.717, 1.165) is 125 Å². The number of aromatic nitrogens is 3. The van der Waals surface area contributed by atoms with E-state index in [1.165, 1.54) is 23.4 Å². The molecule has 4 N–H and O–H groups in total. The van der Waals surface area contributed by atoms with Crippen LogP contribution in [0.15, 0.2) is 96.2 Å². The lowest BCUT2D eigenvalue weighted by molar-refractivity contribution is -0.384. The molecule has 2 aliphatic carbocycles. The summed E-state index contributed by atoms with van der Waals surface area (Å²) in [5.74, 6) is 2.22. The van der Waals surface area contributed by atoms with Crippen LogP contribution in [0.4, 0.5) is 39.9 Å². The molecule has 6 aromatic rings. The van der Waals surface area contributed by atoms with E-state index in [2.05, 4.69) is 83.7 Å². The fraction of sp³-hybridized carbons (Fsp3) is 0.523. The van der Waals surface area contributed by atoms with Crippen molar-refractivity contribution in [1.82, 2.24) is 24.6 Å². The number of carbonyl (C=O) groups is 1. The number of aromatic amines is 1. The van der Waals surface area contributed by atoms with Crippen molar-refractivity contribution >= 4 is 66.9 Å². The zero-order valence-corrected chi connectivity index (χ0v) is 51.1. The molecule has 8 heterocycles. The van der Waals surface area contributed by atoms with Gasteiger partial charge in [-0.15, -0.1) is 0 Å². The number of nitro benzene ring substituents is 1. The first-order chi connectivity index (χ1) is 42.0. The number of hydrogen-bond acceptors (Lipinski definition) is 18. The number of methoxy groups -OCH3 is 1. The van der Waals surface area contributed by atoms with Crippen molar-refractivity contribution in [2.24, 2.45) is 17.3 Å². The number of pyridine rings is 2. The predicted molar refractivity (Wildman–Crippen MR) is 335 cm³/mol. The number of rotatable bonds is 16. The Morgan fingerprint density at radius 2 is 1.68 bits per heavy atom. The van der Waals surface area contributed by atoms with Crippen LogP contribution in [0.25, 0.3) is 11.0 Å². The number of nitrogens with one attached hydrogen (secondary N) is 3. The molecule has 21 nitrogen and oxygen atoms in total. The summed E-state index contributed by atoms with van der Waals surface area (Å²) in [5, 5.41) is 26.9. The van der Waals surface area contributed by atoms with Crippen molar-refractivity contribution in [3.8, 4) is 11.6 Å². The van der Waals surface area contributed by atoms with Gasteiger partial charge in [0.25, 0.3) is 21.6 Å². The summed E-state index contributed by atoms with van der Waals surface area (Å²) >= 11 is 0. The highest BCUT2D eigenvalue weighted by molar-refractivity contribution is 7.90. The average molecular weight is 1210 g/mol. The van der Waals surface area contributed by atoms with Crippen LogP contribution in [-0.2, 0) is 26.0 Å². The fourth-order valence-corrected chi connectivity index (χ4v) is 15.9. The maximum atomic E-state index is 14.9. The van der Waals surface area contributed by atoms with Gasteiger partial charge in [0.15, 0.2) is 11.6 Å². The molecule has 4 saturated heterocycles. The number of hydrogen-bond donors (Lipinski definition) is 4. The third kappa shape index (κ3) is 12.0. The number of para-hydroxylation sites is 1. The first-order valence-electron chi connectivity index (χ1n) is 31.2. The Morgan fingerprint density at radius 1 is 0.885 bits per heavy atom. The van der Waals surface area contributed by atoms with E-state index >= 15 is 0 Å². The van der Waals surface area contributed by atoms with Gasteiger partial charge >= 0.3 is 0 Å². The summed E-state index contributed by atoms with van der Waals surface area (Å²) in [6.45, 7) is 15.7. The van der Waals surface area contributed by atoms with E-state index in [-0.39, 0.29) is 28.6 Å². The van der Waals surface area contributed by atoms with Crippen molar-refractivity contribution < 1.29 is 42.2 Å². The van der Waals surface area contributed by atoms with E-state index in [0.29, 0.717) is 93.0 Å². The van der Waals surface area contributed by atoms with Crippen LogP contribution in [0.1, 0.15) is 106 Å². The number of amides is 1. The van der Waals surface area contributed by atoms with Crippen LogP contribution in [0, 0.1) is 27.4 Å². The number of fused-ring (bicyclic) bond motifs is 3. The Labute approximate surface area is 508 Å². The molecule has 0 radical (unpaired) electrons. The van der Waals surface area contributed by atoms with Crippen LogP contribution >= 0.6 is 0 Å². The number of sulfonamides is 1. The number of anilines is 6. The number of nitro groups is 1. The standard InChI is InChI=1S/C65H81N11O10S/c1-42(2)49-7-5-6-8-52(49)74-25-24-71(39-44-31-58(83-4)61(68-38-44)73-26-29-84-30-27-73)40-57(74)46-35-65(36-46)19-22-72(23-20-65)47-9-11-50(54(33-47)75-53-16-28-85-41-59(53)86-63-56(75)32-45-15-21-66-60(45)69-63)62(77)70-87(81,82)48-10-12-51(55(34-48)76(79)80)67-37-43-13-17-64(3,78)18-14-43/h5-12,15,21,31-34,38,42-43,46,53,57,59,67,78H,13-14,16-20,22-30,35-37,39-41H2,1-4H3,(H,66,69)(H,70,77)/t43?,53-,57-,59-,64?/m0/s1. The summed E-state index contributed by atoms with van der Waals surface area (Å²) < 4.78 is 55.1. The van der Waals surface area contributed by atoms with Crippen molar-refractivity contribution in [3.63, 3.8) is 0 Å². The molecule has 3 aromatic heterocycles. The Morgan fingerprint density at radius 3 is 2.45 bits per heavy atom. The van der Waals surface area contributed by atoms with Gasteiger partial charge in [-0.3, -0.25) is 19.8 Å². The molecule has 2 saturated carbocycles. The second kappa shape index (κ2) is 24.0. The summed E-state index contributed by atoms with van der Waals surface area (Å²) in [5.41, 5.74) is 5.85. The Bertz CT molecular complexity index is 3620. The van der Waals surface area contributed by atoms with Crippen LogP contribution in [-0.4, -0.2) is 154 Å². The minimum Gasteiger partial charge on any atom is -0.493 e. The molecule has 0 bridgehead atoms. The third-order valence-corrected chi connectivity index (χ3v) is 21.2. The minimum absolute atomic E-state index is 0.106. The van der Waals surface area contributed by atoms with Gasteiger partial charge in [-0.05, 0) is 154 Å². The fourth-order valence-electron chi connectivity index (χ4n) is 14.9. The van der Waals surface area contributed by atoms with Crippen LogP contribution in [0.2, 0.25) is 0 Å². The molecule has 5 aliphatic heterocycles. The van der Waals surface area contributed by atoms with Gasteiger partial charge in [-0.2, -0.15) is 4.98 Å². The van der Waals surface area contributed by atoms with Gasteiger partial charge in [0.2, 0.25) is 5.88 Å². The lowest BCUT2D eigenvalue weighted by Gasteiger charge is -2.58. The Kier molecular flexibility index (Phi) is 16.2. The van der Waals surface area contributed by atoms with Gasteiger partial charge in [-0.1, -0.05) is 32.0 Å². The normalized spacial score (nSPS) is 24.3. The van der Waals surface area contributed by atoms with Crippen LogP contribution in [0.3, 0.4) is 0 Å². The molecular formula is C65H81N11O10S. The van der Waals surface area contributed by atoms with Gasteiger partial charge in [0.05, 0.1) is 59.6 Å². The first kappa shape index (κ1) is 58.8. The second-order valence-electron chi connectivity index (χ2n) is 25.9. The molecule has 3 atom stereocenters. The first-order valence-corrected chi connectivity index (χ1v) is 32.7. The number of piperazine rings is 1. The zero-order chi connectivity index (χ0) is 60.2. The molecule has 7 aliphatic rings. The lowest BCUT2D eigenvalue weighted by atomic mass is 9.55.